The molecule has 2 aromatic rings. The number of hydrogen-bond donors (Lipinski definition) is 0. The van der Waals surface area contributed by atoms with Crippen molar-refractivity contribution in [3.05, 3.63) is 129 Å². The predicted octanol–water partition coefficient (Wildman–Crippen LogP) is 9.40. The molecule has 38 heavy (non-hydrogen) atoms. The molecule has 1 heterocycles. The summed E-state index contributed by atoms with van der Waals surface area (Å²) in [6, 6.07) is 16.5. The molecular formula is C29H26BBr2F4NO. The van der Waals surface area contributed by atoms with Crippen LogP contribution in [-0.2, 0) is 4.74 Å². The standard InChI is InChI=1S/C29H26Br2NO.BF4/c1-3-32(4-2)27-16-5-21(6-17-27)7-18-28-19-24(22-8-12-25(30)13-9-22)20-29(33-28)23-10-14-26(31)15-11-23;2-1(3,4)5/h5-20H,3-4H2,1-2H3;/q+1;-1/b28-18+;. The summed E-state index contributed by atoms with van der Waals surface area (Å²) in [7, 11) is -6.00. The molecule has 0 amide bonds. The molecule has 0 N–H and O–H groups in total. The lowest BCUT2D eigenvalue weighted by Crippen LogP contribution is -2.18. The van der Waals surface area contributed by atoms with E-state index in [0.29, 0.717) is 0 Å². The molecule has 0 saturated heterocycles. The summed E-state index contributed by atoms with van der Waals surface area (Å²) in [4.78, 5) is 0. The molecule has 2 nitrogen and oxygen atoms in total. The number of halogens is 6. The van der Waals surface area contributed by atoms with Crippen molar-refractivity contribution >= 4 is 56.2 Å². The van der Waals surface area contributed by atoms with Gasteiger partial charge in [-0.1, -0.05) is 62.2 Å². The van der Waals surface area contributed by atoms with E-state index in [4.69, 9.17) is 4.74 Å². The van der Waals surface area contributed by atoms with Crippen LogP contribution in [0.5, 0.6) is 0 Å². The minimum Gasteiger partial charge on any atom is -0.457 e. The molecule has 198 valence electrons. The summed E-state index contributed by atoms with van der Waals surface area (Å²) in [5.41, 5.74) is 5.68. The molecule has 0 unspecified atom stereocenters. The van der Waals surface area contributed by atoms with E-state index >= 15 is 0 Å². The van der Waals surface area contributed by atoms with Crippen LogP contribution >= 0.6 is 31.9 Å². The van der Waals surface area contributed by atoms with Gasteiger partial charge in [0.25, 0.3) is 0 Å². The first-order valence-corrected chi connectivity index (χ1v) is 13.5. The molecule has 0 atom stereocenters. The van der Waals surface area contributed by atoms with Crippen molar-refractivity contribution in [3.8, 4) is 0 Å². The summed E-state index contributed by atoms with van der Waals surface area (Å²) in [6.07, 6.45) is 17.0. The molecule has 0 fully saturated rings. The lowest BCUT2D eigenvalue weighted by molar-refractivity contribution is -0.519. The van der Waals surface area contributed by atoms with Crippen LogP contribution in [0.1, 0.15) is 25.0 Å². The molecule has 1 aliphatic carbocycles. The summed E-state index contributed by atoms with van der Waals surface area (Å²) in [6.45, 7) is 6.37. The normalized spacial score (nSPS) is 15.8. The molecule has 2 aromatic carbocycles. The number of ether oxygens (including phenoxy) is 1. The van der Waals surface area contributed by atoms with Crippen molar-refractivity contribution in [3.63, 3.8) is 0 Å². The van der Waals surface area contributed by atoms with Crippen LogP contribution in [0.15, 0.2) is 117 Å². The second-order valence-corrected chi connectivity index (χ2v) is 10.0. The zero-order valence-corrected chi connectivity index (χ0v) is 24.0. The molecule has 0 aromatic heterocycles. The van der Waals surface area contributed by atoms with Gasteiger partial charge in [-0.05, 0) is 85.2 Å². The third-order valence-corrected chi connectivity index (χ3v) is 6.64. The molecule has 0 radical (unpaired) electrons. The highest BCUT2D eigenvalue weighted by Gasteiger charge is 2.20. The van der Waals surface area contributed by atoms with Gasteiger partial charge in [0.1, 0.15) is 24.6 Å². The van der Waals surface area contributed by atoms with Gasteiger partial charge in [-0.15, -0.1) is 0 Å². The van der Waals surface area contributed by atoms with Crippen LogP contribution in [-0.4, -0.2) is 30.6 Å². The number of rotatable bonds is 5. The fourth-order valence-electron chi connectivity index (χ4n) is 3.73. The zero-order chi connectivity index (χ0) is 27.7. The number of allylic oxidation sites excluding steroid dienone is 10. The summed E-state index contributed by atoms with van der Waals surface area (Å²) in [5.74, 6) is 1.64. The van der Waals surface area contributed by atoms with Gasteiger partial charge in [0.05, 0.1) is 0 Å². The van der Waals surface area contributed by atoms with Gasteiger partial charge < -0.3 is 22.0 Å². The van der Waals surface area contributed by atoms with Crippen molar-refractivity contribution in [2.75, 3.05) is 13.1 Å². The van der Waals surface area contributed by atoms with Gasteiger partial charge in [0.15, 0.2) is 5.71 Å². The Labute approximate surface area is 237 Å². The molecule has 2 aliphatic rings. The third-order valence-electron chi connectivity index (χ3n) is 5.58. The molecule has 0 saturated carbocycles. The number of nitrogens with zero attached hydrogens (tertiary/aromatic N) is 1. The van der Waals surface area contributed by atoms with E-state index in [1.54, 1.807) is 0 Å². The van der Waals surface area contributed by atoms with E-state index in [-0.39, 0.29) is 0 Å². The minimum absolute atomic E-state index is 0.807. The first kappa shape index (κ1) is 29.6. The van der Waals surface area contributed by atoms with Crippen LogP contribution in [0.4, 0.5) is 17.3 Å². The van der Waals surface area contributed by atoms with E-state index in [1.807, 2.05) is 18.2 Å². The van der Waals surface area contributed by atoms with Gasteiger partial charge in [-0.25, -0.2) is 4.58 Å². The highest BCUT2D eigenvalue weighted by Crippen LogP contribution is 2.33. The predicted molar refractivity (Wildman–Crippen MR) is 156 cm³/mol. The Balaban J connectivity index is 0.000000732. The maximum atomic E-state index is 9.75. The third kappa shape index (κ3) is 9.44. The largest absolute Gasteiger partial charge is 0.673 e. The lowest BCUT2D eigenvalue weighted by Gasteiger charge is -2.18. The highest BCUT2D eigenvalue weighted by atomic mass is 79.9. The Hall–Kier alpha value is -2.91. The van der Waals surface area contributed by atoms with Crippen LogP contribution in [0.25, 0.3) is 11.3 Å². The van der Waals surface area contributed by atoms with Gasteiger partial charge in [0.2, 0.25) is 0 Å². The van der Waals surface area contributed by atoms with Crippen LogP contribution in [0, 0.1) is 0 Å². The van der Waals surface area contributed by atoms with Gasteiger partial charge in [-0.3, -0.25) is 0 Å². The van der Waals surface area contributed by atoms with Crippen molar-refractivity contribution < 1.29 is 26.6 Å². The van der Waals surface area contributed by atoms with E-state index in [1.165, 1.54) is 5.71 Å². The Morgan fingerprint density at radius 1 is 0.737 bits per heavy atom. The monoisotopic (exact) mass is 649 g/mol. The molecule has 4 rings (SSSR count). The van der Waals surface area contributed by atoms with Gasteiger partial charge in [0, 0.05) is 26.7 Å². The van der Waals surface area contributed by atoms with Crippen LogP contribution < -0.4 is 0 Å². The SMILES string of the molecule is CC[N+](CC)=C1C=CC(=C/C=C2\C=C(c3ccc(Br)cc3)C=C(c3ccc(Br)cc3)O2)C=C1.F[B-](F)(F)F. The molecule has 0 spiro atoms. The number of hydrogen-bond acceptors (Lipinski definition) is 1. The Bertz CT molecular complexity index is 1320. The summed E-state index contributed by atoms with van der Waals surface area (Å²) in [5, 5.41) is 0. The topological polar surface area (TPSA) is 12.2 Å². The molecular weight excluding hydrogens is 625 g/mol. The van der Waals surface area contributed by atoms with Gasteiger partial charge in [-0.2, -0.15) is 0 Å². The maximum absolute atomic E-state index is 9.75. The fraction of sp³-hybridized carbons (Fsp3) is 0.138. The first-order chi connectivity index (χ1) is 18.1. The van der Waals surface area contributed by atoms with E-state index in [9.17, 15) is 17.3 Å². The average Bonchev–Trinajstić information content (AvgIpc) is 2.89. The van der Waals surface area contributed by atoms with E-state index in [2.05, 4.69) is 129 Å². The van der Waals surface area contributed by atoms with E-state index in [0.717, 1.165) is 55.8 Å². The summed E-state index contributed by atoms with van der Waals surface area (Å²) >= 11 is 7.04. The molecule has 0 bridgehead atoms. The molecule has 1 aliphatic heterocycles. The van der Waals surface area contributed by atoms with E-state index < -0.39 is 7.25 Å². The average molecular weight is 651 g/mol. The van der Waals surface area contributed by atoms with Crippen molar-refractivity contribution in [1.82, 2.24) is 0 Å². The Morgan fingerprint density at radius 3 is 1.74 bits per heavy atom. The Kier molecular flexibility index (Phi) is 10.7. The van der Waals surface area contributed by atoms with Crippen molar-refractivity contribution in [2.24, 2.45) is 0 Å². The summed E-state index contributed by atoms with van der Waals surface area (Å²) < 4.78 is 49.7. The quantitative estimate of drug-likeness (QED) is 0.178. The van der Waals surface area contributed by atoms with Gasteiger partial charge >= 0.3 is 7.25 Å². The van der Waals surface area contributed by atoms with Crippen LogP contribution in [0.2, 0.25) is 0 Å². The maximum Gasteiger partial charge on any atom is 0.673 e. The Morgan fingerprint density at radius 2 is 1.24 bits per heavy atom. The minimum atomic E-state index is -6.00. The van der Waals surface area contributed by atoms with Crippen LogP contribution in [0.3, 0.4) is 0 Å². The highest BCUT2D eigenvalue weighted by molar-refractivity contribution is 9.10. The van der Waals surface area contributed by atoms with Crippen molar-refractivity contribution in [2.45, 2.75) is 13.8 Å². The smallest absolute Gasteiger partial charge is 0.457 e. The second-order valence-electron chi connectivity index (χ2n) is 8.22. The number of benzene rings is 2. The lowest BCUT2D eigenvalue weighted by atomic mass is 10.0. The zero-order valence-electron chi connectivity index (χ0n) is 20.9. The first-order valence-electron chi connectivity index (χ1n) is 12.0. The second kappa shape index (κ2) is 13.8. The fourth-order valence-corrected chi connectivity index (χ4v) is 4.26. The van der Waals surface area contributed by atoms with Crippen molar-refractivity contribution in [1.29, 1.82) is 0 Å². The molecule has 9 heteroatoms.